The predicted molar refractivity (Wildman–Crippen MR) is 181 cm³/mol. The van der Waals surface area contributed by atoms with E-state index < -0.39 is 34.7 Å². The predicted octanol–water partition coefficient (Wildman–Crippen LogP) is 7.29. The van der Waals surface area contributed by atoms with Gasteiger partial charge in [0, 0.05) is 6.08 Å². The zero-order valence-electron chi connectivity index (χ0n) is 28.0. The van der Waals surface area contributed by atoms with E-state index in [9.17, 15) is 29.4 Å². The Balaban J connectivity index is 1.36. The Morgan fingerprint density at radius 3 is 1.88 bits per heavy atom. The number of hydrogen-bond acceptors (Lipinski definition) is 10. The molecule has 0 fully saturated rings. The van der Waals surface area contributed by atoms with Crippen molar-refractivity contribution in [2.75, 3.05) is 0 Å². The summed E-state index contributed by atoms with van der Waals surface area (Å²) >= 11 is 0. The average molecular weight is 665 g/mol. The van der Waals surface area contributed by atoms with Crippen LogP contribution in [0.5, 0.6) is 23.0 Å². The molecule has 252 valence electrons. The maximum absolute atomic E-state index is 13.6. The maximum Gasteiger partial charge on any atom is 0.387 e. The van der Waals surface area contributed by atoms with Crippen LogP contribution in [-0.2, 0) is 35.4 Å². The van der Waals surface area contributed by atoms with Gasteiger partial charge < -0.3 is 19.7 Å². The summed E-state index contributed by atoms with van der Waals surface area (Å²) in [7, 11) is 0. The highest BCUT2D eigenvalue weighted by Crippen LogP contribution is 2.43. The van der Waals surface area contributed by atoms with Gasteiger partial charge in [-0.25, -0.2) is 19.4 Å². The molecule has 0 bridgehead atoms. The normalized spacial score (nSPS) is 12.9. The van der Waals surface area contributed by atoms with Crippen LogP contribution in [0.1, 0.15) is 63.8 Å². The summed E-state index contributed by atoms with van der Waals surface area (Å²) in [5, 5.41) is 21.1. The van der Waals surface area contributed by atoms with Gasteiger partial charge in [0.25, 0.3) is 0 Å². The molecular formula is C39H36O10. The molecule has 3 aliphatic rings. The maximum atomic E-state index is 13.6. The van der Waals surface area contributed by atoms with E-state index in [-0.39, 0.29) is 28.6 Å². The van der Waals surface area contributed by atoms with Crippen LogP contribution in [0.15, 0.2) is 78.9 Å². The number of fused-ring (bicyclic) bond motifs is 2. The van der Waals surface area contributed by atoms with E-state index in [4.69, 9.17) is 19.2 Å². The molecular weight excluding hydrogens is 628 g/mol. The molecule has 0 heterocycles. The van der Waals surface area contributed by atoms with Crippen LogP contribution in [0.3, 0.4) is 0 Å². The molecule has 0 spiro atoms. The second-order valence-corrected chi connectivity index (χ2v) is 13.7. The fourth-order valence-electron chi connectivity index (χ4n) is 4.92. The number of esters is 2. The number of hydrogen-bond donors (Lipinski definition) is 2. The number of rotatable bonds is 6. The van der Waals surface area contributed by atoms with Gasteiger partial charge in [-0.1, -0.05) is 48.5 Å². The third-order valence-electron chi connectivity index (χ3n) is 7.66. The van der Waals surface area contributed by atoms with Gasteiger partial charge in [-0.05, 0) is 117 Å². The van der Waals surface area contributed by atoms with Crippen molar-refractivity contribution in [3.05, 3.63) is 101 Å². The number of carbonyl (C=O) groups is 4. The molecule has 0 atom stereocenters. The summed E-state index contributed by atoms with van der Waals surface area (Å²) in [5.74, 6) is -3.65. The number of aromatic hydroxyl groups is 2. The van der Waals surface area contributed by atoms with E-state index in [1.54, 1.807) is 53.7 Å². The minimum Gasteiger partial charge on any atom is -0.504 e. The monoisotopic (exact) mass is 664 g/mol. The number of benzene rings is 2. The Kier molecular flexibility index (Phi) is 9.35. The van der Waals surface area contributed by atoms with Crippen molar-refractivity contribution in [2.45, 2.75) is 48.0 Å². The molecule has 0 unspecified atom stereocenters. The molecule has 2 aromatic rings. The molecule has 5 rings (SSSR count). The first-order valence-corrected chi connectivity index (χ1v) is 15.5. The molecule has 0 aliphatic heterocycles. The summed E-state index contributed by atoms with van der Waals surface area (Å²) in [6.07, 6.45) is 2.63. The zero-order valence-corrected chi connectivity index (χ0v) is 28.0. The first-order valence-electron chi connectivity index (χ1n) is 15.5. The molecule has 10 heteroatoms. The van der Waals surface area contributed by atoms with Crippen molar-refractivity contribution in [3.63, 3.8) is 0 Å². The molecule has 2 aromatic carbocycles. The van der Waals surface area contributed by atoms with Gasteiger partial charge in [0.15, 0.2) is 23.0 Å². The Labute approximate surface area is 283 Å². The lowest BCUT2D eigenvalue weighted by Crippen LogP contribution is -2.25. The van der Waals surface area contributed by atoms with Crippen LogP contribution in [0, 0.1) is 10.8 Å². The Hall–Kier alpha value is -5.90. The Morgan fingerprint density at radius 1 is 0.673 bits per heavy atom. The van der Waals surface area contributed by atoms with E-state index >= 15 is 0 Å². The van der Waals surface area contributed by atoms with Crippen LogP contribution in [0.2, 0.25) is 0 Å². The van der Waals surface area contributed by atoms with Crippen molar-refractivity contribution in [1.29, 1.82) is 0 Å². The second-order valence-electron chi connectivity index (χ2n) is 13.7. The largest absolute Gasteiger partial charge is 0.504 e. The fourth-order valence-corrected chi connectivity index (χ4v) is 4.92. The van der Waals surface area contributed by atoms with Gasteiger partial charge in [0.05, 0.1) is 16.4 Å². The molecule has 49 heavy (non-hydrogen) atoms. The lowest BCUT2D eigenvalue weighted by molar-refractivity contribution is -0.249. The van der Waals surface area contributed by atoms with Crippen molar-refractivity contribution in [2.24, 2.45) is 10.8 Å². The molecule has 10 nitrogen and oxygen atoms in total. The van der Waals surface area contributed by atoms with Crippen LogP contribution >= 0.6 is 0 Å². The minimum atomic E-state index is -1.00. The standard InChI is InChI=1S/C39H36O10/c1-38(2,3)36(44)46-31-15-10-22(18-29(31)40)11-17-33(42)48-49-35(43)34-27-14-12-23-8-7-9-24(23)19-26(27)20-28(34)25-13-16-32(30(41)21-25)47-37(45)39(4,5)6/h7-19,21,40-41H,20H2,1-6H3/b17-11+. The third-order valence-corrected chi connectivity index (χ3v) is 7.66. The second kappa shape index (κ2) is 13.3. The van der Waals surface area contributed by atoms with Crippen LogP contribution < -0.4 is 9.47 Å². The van der Waals surface area contributed by atoms with Crippen molar-refractivity contribution >= 4 is 41.1 Å². The fraction of sp³-hybridized carbons (Fsp3) is 0.231. The average Bonchev–Trinajstić information content (AvgIpc) is 3.58. The number of ether oxygens (including phenoxy) is 2. The van der Waals surface area contributed by atoms with Gasteiger partial charge in [-0.2, -0.15) is 0 Å². The number of phenols is 2. The lowest BCUT2D eigenvalue weighted by Gasteiger charge is -2.17. The summed E-state index contributed by atoms with van der Waals surface area (Å²) in [6, 6.07) is 20.1. The number of carbonyl (C=O) groups excluding carboxylic acids is 4. The molecule has 0 aromatic heterocycles. The Bertz CT molecular complexity index is 2000. The molecule has 3 aliphatic carbocycles. The van der Waals surface area contributed by atoms with Gasteiger partial charge in [0.1, 0.15) is 0 Å². The van der Waals surface area contributed by atoms with E-state index in [2.05, 4.69) is 0 Å². The highest BCUT2D eigenvalue weighted by Gasteiger charge is 2.31. The highest BCUT2D eigenvalue weighted by atomic mass is 17.2. The van der Waals surface area contributed by atoms with Crippen LogP contribution in [0.4, 0.5) is 0 Å². The third kappa shape index (κ3) is 7.81. The van der Waals surface area contributed by atoms with E-state index in [1.807, 2.05) is 30.3 Å². The van der Waals surface area contributed by atoms with E-state index in [0.717, 1.165) is 22.8 Å². The number of allylic oxidation sites excluding steroid dienone is 1. The molecule has 0 radical (unpaired) electrons. The van der Waals surface area contributed by atoms with Gasteiger partial charge in [0.2, 0.25) is 0 Å². The summed E-state index contributed by atoms with van der Waals surface area (Å²) in [4.78, 5) is 60.5. The summed E-state index contributed by atoms with van der Waals surface area (Å²) in [6.45, 7) is 10.1. The van der Waals surface area contributed by atoms with E-state index in [1.165, 1.54) is 36.4 Å². The van der Waals surface area contributed by atoms with Crippen molar-refractivity contribution in [1.82, 2.24) is 0 Å². The first-order chi connectivity index (χ1) is 23.0. The lowest BCUT2D eigenvalue weighted by atomic mass is 9.97. The van der Waals surface area contributed by atoms with Crippen LogP contribution in [-0.4, -0.2) is 34.1 Å². The zero-order chi connectivity index (χ0) is 35.7. The van der Waals surface area contributed by atoms with Crippen LogP contribution in [0.25, 0.3) is 28.3 Å². The van der Waals surface area contributed by atoms with Gasteiger partial charge >= 0.3 is 23.9 Å². The quantitative estimate of drug-likeness (QED) is 0.0709. The van der Waals surface area contributed by atoms with Gasteiger partial charge in [-0.3, -0.25) is 9.59 Å². The molecule has 0 saturated carbocycles. The van der Waals surface area contributed by atoms with Crippen molar-refractivity contribution < 1.29 is 48.6 Å². The molecule has 0 amide bonds. The first kappa shape index (κ1) is 34.4. The van der Waals surface area contributed by atoms with Crippen molar-refractivity contribution in [3.8, 4) is 34.1 Å². The minimum absolute atomic E-state index is 0.0246. The SMILES string of the molecule is CC(C)(C)C(=O)Oc1ccc(/C=C/C(=O)OOC(=O)C2=C(c3ccc(OC(=O)C(C)(C)C)c(O)c3)Cc3cc4cccc-4ccc32)cc1O. The van der Waals surface area contributed by atoms with E-state index in [0.29, 0.717) is 28.7 Å². The van der Waals surface area contributed by atoms with Gasteiger partial charge in [-0.15, -0.1) is 0 Å². The summed E-state index contributed by atoms with van der Waals surface area (Å²) < 4.78 is 10.6. The molecule has 2 N–H and O–H groups in total. The smallest absolute Gasteiger partial charge is 0.387 e. The molecule has 0 saturated heterocycles. The highest BCUT2D eigenvalue weighted by molar-refractivity contribution is 6.27. The Morgan fingerprint density at radius 2 is 1.27 bits per heavy atom. The topological polar surface area (TPSA) is 146 Å². The number of phenolic OH excluding ortho intramolecular Hbond substituents is 2. The summed E-state index contributed by atoms with van der Waals surface area (Å²) in [5.41, 5.74) is 3.24.